The number of amides is 2. The van der Waals surface area contributed by atoms with Gasteiger partial charge in [-0.15, -0.1) is 0 Å². The Bertz CT molecular complexity index is 1120. The van der Waals surface area contributed by atoms with E-state index >= 15 is 0 Å². The molecule has 1 aliphatic carbocycles. The van der Waals surface area contributed by atoms with E-state index in [9.17, 15) is 22.8 Å². The maximum absolute atomic E-state index is 13.5. The first-order valence-corrected chi connectivity index (χ1v) is 12.8. The molecule has 0 spiro atoms. The Morgan fingerprint density at radius 2 is 1.70 bits per heavy atom. The molecule has 37 heavy (non-hydrogen) atoms. The second-order valence-electron chi connectivity index (χ2n) is 10.5. The molecule has 0 radical (unpaired) electrons. The van der Waals surface area contributed by atoms with Crippen molar-refractivity contribution in [2.75, 3.05) is 26.7 Å². The fraction of sp³-hybridized carbons (Fsp3) is 0.500. The van der Waals surface area contributed by atoms with E-state index in [2.05, 4.69) is 15.5 Å². The van der Waals surface area contributed by atoms with Crippen molar-refractivity contribution in [3.05, 3.63) is 65.2 Å². The monoisotopic (exact) mass is 515 g/mol. The van der Waals surface area contributed by atoms with Crippen molar-refractivity contribution in [1.29, 1.82) is 0 Å². The lowest BCUT2D eigenvalue weighted by Crippen LogP contribution is -2.60. The highest BCUT2D eigenvalue weighted by atomic mass is 19.4. The second-order valence-corrected chi connectivity index (χ2v) is 10.5. The van der Waals surface area contributed by atoms with Crippen molar-refractivity contribution in [2.24, 2.45) is 5.92 Å². The fourth-order valence-electron chi connectivity index (χ4n) is 5.66. The molecule has 9 heteroatoms. The number of benzene rings is 2. The van der Waals surface area contributed by atoms with E-state index in [0.29, 0.717) is 30.1 Å². The molecule has 1 saturated carbocycles. The maximum atomic E-state index is 13.5. The highest BCUT2D eigenvalue weighted by Crippen LogP contribution is 2.48. The van der Waals surface area contributed by atoms with Crippen molar-refractivity contribution < 1.29 is 27.5 Å². The van der Waals surface area contributed by atoms with Crippen LogP contribution in [0.4, 0.5) is 13.2 Å². The predicted octanol–water partition coefficient (Wildman–Crippen LogP) is 3.68. The van der Waals surface area contributed by atoms with Crippen LogP contribution >= 0.6 is 0 Å². The van der Waals surface area contributed by atoms with Crippen LogP contribution in [0, 0.1) is 5.92 Å². The minimum Gasteiger partial charge on any atom is -0.497 e. The highest BCUT2D eigenvalue weighted by molar-refractivity contribution is 5.95. The Labute approximate surface area is 214 Å². The van der Waals surface area contributed by atoms with Gasteiger partial charge in [-0.2, -0.15) is 13.2 Å². The Hall–Kier alpha value is -3.07. The van der Waals surface area contributed by atoms with Crippen LogP contribution in [-0.2, 0) is 27.6 Å². The summed E-state index contributed by atoms with van der Waals surface area (Å²) in [6, 6.07) is 11.2. The van der Waals surface area contributed by atoms with Gasteiger partial charge in [-0.3, -0.25) is 9.59 Å². The Morgan fingerprint density at radius 3 is 2.22 bits per heavy atom. The number of nitrogens with zero attached hydrogens (tertiary/aromatic N) is 1. The molecule has 6 nitrogen and oxygen atoms in total. The molecular weight excluding hydrogens is 483 g/mol. The highest BCUT2D eigenvalue weighted by Gasteiger charge is 2.52. The molecule has 2 atom stereocenters. The van der Waals surface area contributed by atoms with Crippen LogP contribution in [0.15, 0.2) is 48.5 Å². The number of alkyl halides is 3. The number of ether oxygens (including phenoxy) is 1. The molecule has 198 valence electrons. The Morgan fingerprint density at radius 1 is 1.05 bits per heavy atom. The van der Waals surface area contributed by atoms with Crippen LogP contribution in [0.25, 0.3) is 0 Å². The summed E-state index contributed by atoms with van der Waals surface area (Å²) in [6.07, 6.45) is -0.937. The Balaban J connectivity index is 1.33. The van der Waals surface area contributed by atoms with E-state index in [1.54, 1.807) is 7.11 Å². The van der Waals surface area contributed by atoms with E-state index in [1.807, 2.05) is 24.3 Å². The molecule has 4 aliphatic rings. The first-order chi connectivity index (χ1) is 17.7. The lowest BCUT2D eigenvalue weighted by Gasteiger charge is -2.45. The number of methoxy groups -OCH3 is 1. The summed E-state index contributed by atoms with van der Waals surface area (Å²) >= 11 is 0. The van der Waals surface area contributed by atoms with Gasteiger partial charge >= 0.3 is 6.18 Å². The zero-order chi connectivity index (χ0) is 26.2. The van der Waals surface area contributed by atoms with E-state index in [1.165, 1.54) is 12.1 Å². The minimum absolute atomic E-state index is 0.0125. The van der Waals surface area contributed by atoms with E-state index < -0.39 is 23.2 Å². The van der Waals surface area contributed by atoms with Gasteiger partial charge in [0.25, 0.3) is 0 Å². The fourth-order valence-corrected chi connectivity index (χ4v) is 5.66. The number of rotatable bonds is 8. The molecule has 2 aromatic carbocycles. The van der Waals surface area contributed by atoms with Gasteiger partial charge in [0.2, 0.25) is 11.8 Å². The van der Waals surface area contributed by atoms with Crippen molar-refractivity contribution in [3.8, 4) is 5.75 Å². The van der Waals surface area contributed by atoms with Gasteiger partial charge in [-0.05, 0) is 80.1 Å². The lowest BCUT2D eigenvalue weighted by molar-refractivity contribution is -0.137. The van der Waals surface area contributed by atoms with E-state index in [-0.39, 0.29) is 24.3 Å². The van der Waals surface area contributed by atoms with E-state index in [4.69, 9.17) is 4.74 Å². The number of nitrogens with one attached hydrogen (secondary N) is 2. The number of piperidine rings is 3. The van der Waals surface area contributed by atoms with Crippen LogP contribution in [0.1, 0.15) is 42.4 Å². The average molecular weight is 516 g/mol. The van der Waals surface area contributed by atoms with Crippen LogP contribution < -0.4 is 15.4 Å². The quantitative estimate of drug-likeness (QED) is 0.563. The molecule has 4 fully saturated rings. The number of fused-ring (bicyclic) bond motifs is 3. The number of hydrogen-bond acceptors (Lipinski definition) is 4. The van der Waals surface area contributed by atoms with Crippen LogP contribution in [0.2, 0.25) is 0 Å². The average Bonchev–Trinajstić information content (AvgIpc) is 3.71. The molecule has 6 rings (SSSR count). The summed E-state index contributed by atoms with van der Waals surface area (Å²) in [6.45, 7) is 2.85. The minimum atomic E-state index is -4.43. The molecule has 2 bridgehead atoms. The summed E-state index contributed by atoms with van der Waals surface area (Å²) in [5.74, 6) is 0.568. The SMILES string of the molecule is COc1ccc(C2(C(=O)N[C@@H](Cc3ccc(C(F)(F)F)cc3)C(=O)N[C@H]3C[N@]4CC[C@H]3CC4)CC2)cc1. The number of halogens is 3. The predicted molar refractivity (Wildman–Crippen MR) is 132 cm³/mol. The number of hydrogen-bond donors (Lipinski definition) is 2. The van der Waals surface area contributed by atoms with Crippen molar-refractivity contribution in [3.63, 3.8) is 0 Å². The number of carbonyl (C=O) groups is 2. The molecule has 0 aromatic heterocycles. The van der Waals surface area contributed by atoms with Gasteiger partial charge < -0.3 is 20.3 Å². The normalized spacial score (nSPS) is 24.7. The van der Waals surface area contributed by atoms with Gasteiger partial charge in [-0.25, -0.2) is 0 Å². The lowest BCUT2D eigenvalue weighted by atomic mass is 9.84. The number of carbonyl (C=O) groups excluding carboxylic acids is 2. The van der Waals surface area contributed by atoms with Crippen molar-refractivity contribution >= 4 is 11.8 Å². The summed E-state index contributed by atoms with van der Waals surface area (Å²) in [5.41, 5.74) is -0.0425. The summed E-state index contributed by atoms with van der Waals surface area (Å²) < 4.78 is 44.3. The molecule has 2 amide bonds. The zero-order valence-corrected chi connectivity index (χ0v) is 20.8. The van der Waals surface area contributed by atoms with Crippen LogP contribution in [0.3, 0.4) is 0 Å². The van der Waals surface area contributed by atoms with Gasteiger partial charge in [0.15, 0.2) is 0 Å². The zero-order valence-electron chi connectivity index (χ0n) is 20.8. The molecule has 3 aliphatic heterocycles. The largest absolute Gasteiger partial charge is 0.497 e. The molecule has 2 N–H and O–H groups in total. The van der Waals surface area contributed by atoms with Gasteiger partial charge in [0.05, 0.1) is 18.1 Å². The van der Waals surface area contributed by atoms with E-state index in [0.717, 1.165) is 50.2 Å². The first-order valence-electron chi connectivity index (χ1n) is 12.8. The second kappa shape index (κ2) is 10.0. The third-order valence-corrected chi connectivity index (χ3v) is 8.15. The molecular formula is C28H32F3N3O3. The van der Waals surface area contributed by atoms with Crippen molar-refractivity contribution in [1.82, 2.24) is 15.5 Å². The maximum Gasteiger partial charge on any atom is 0.416 e. The smallest absolute Gasteiger partial charge is 0.416 e. The molecule has 3 saturated heterocycles. The standard InChI is InChI=1S/C28H32F3N3O3/c1-37-22-8-6-20(7-9-22)27(12-13-27)26(36)33-23(16-18-2-4-21(5-3-18)28(29,30)31)25(35)32-24-17-34-14-10-19(24)11-15-34/h2-9,19,23-24H,10-17H2,1H3,(H,32,35)(H,33,36)/t23-,24-/m0/s1. The molecule has 0 unspecified atom stereocenters. The third-order valence-electron chi connectivity index (χ3n) is 8.15. The first kappa shape index (κ1) is 25.6. The summed E-state index contributed by atoms with van der Waals surface area (Å²) in [5, 5.41) is 6.10. The van der Waals surface area contributed by atoms with Gasteiger partial charge in [0, 0.05) is 19.0 Å². The van der Waals surface area contributed by atoms with Crippen LogP contribution in [-0.4, -0.2) is 55.5 Å². The van der Waals surface area contributed by atoms with Gasteiger partial charge in [-0.1, -0.05) is 24.3 Å². The molecule has 2 aromatic rings. The van der Waals surface area contributed by atoms with Gasteiger partial charge in [0.1, 0.15) is 11.8 Å². The van der Waals surface area contributed by atoms with Crippen LogP contribution in [0.5, 0.6) is 5.75 Å². The topological polar surface area (TPSA) is 70.7 Å². The van der Waals surface area contributed by atoms with Crippen molar-refractivity contribution in [2.45, 2.75) is 55.8 Å². The third kappa shape index (κ3) is 5.46. The summed E-state index contributed by atoms with van der Waals surface area (Å²) in [7, 11) is 1.58. The summed E-state index contributed by atoms with van der Waals surface area (Å²) in [4.78, 5) is 29.3. The molecule has 3 heterocycles. The Kier molecular flexibility index (Phi) is 6.91.